The third kappa shape index (κ3) is 4.22. The number of carbonyl (C=O) groups is 1. The van der Waals surface area contributed by atoms with Crippen LogP contribution in [0.2, 0.25) is 0 Å². The second-order valence-electron chi connectivity index (χ2n) is 5.93. The molecule has 0 atom stereocenters. The van der Waals surface area contributed by atoms with Crippen molar-refractivity contribution in [1.29, 1.82) is 0 Å². The molecule has 3 rings (SSSR count). The predicted octanol–water partition coefficient (Wildman–Crippen LogP) is 3.29. The minimum Gasteiger partial charge on any atom is -0.497 e. The molecule has 6 nitrogen and oxygen atoms in total. The Bertz CT molecular complexity index is 699. The average molecular weight is 326 g/mol. The van der Waals surface area contributed by atoms with Crippen LogP contribution in [0.1, 0.15) is 42.6 Å². The minimum absolute atomic E-state index is 0.141. The highest BCUT2D eigenvalue weighted by molar-refractivity contribution is 5.92. The summed E-state index contributed by atoms with van der Waals surface area (Å²) in [6.07, 6.45) is 7.30. The van der Waals surface area contributed by atoms with Gasteiger partial charge in [-0.2, -0.15) is 0 Å². The molecule has 2 N–H and O–H groups in total. The Morgan fingerprint density at radius 1 is 1.21 bits per heavy atom. The van der Waals surface area contributed by atoms with Crippen molar-refractivity contribution in [3.05, 3.63) is 42.2 Å². The Kier molecular flexibility index (Phi) is 5.25. The number of aromatic nitrogens is 2. The molecule has 0 radical (unpaired) electrons. The van der Waals surface area contributed by atoms with Crippen LogP contribution in [0.15, 0.2) is 36.5 Å². The Balaban J connectivity index is 1.67. The number of hydrogen-bond donors (Lipinski definition) is 2. The summed E-state index contributed by atoms with van der Waals surface area (Å²) in [6, 6.07) is 9.37. The van der Waals surface area contributed by atoms with Gasteiger partial charge in [0.1, 0.15) is 11.4 Å². The number of methoxy groups -OCH3 is 1. The first-order valence-corrected chi connectivity index (χ1v) is 8.29. The van der Waals surface area contributed by atoms with Crippen LogP contribution >= 0.6 is 0 Å². The van der Waals surface area contributed by atoms with Crippen LogP contribution in [0.4, 0.5) is 11.6 Å². The zero-order valence-corrected chi connectivity index (χ0v) is 13.8. The highest BCUT2D eigenvalue weighted by Crippen LogP contribution is 2.20. The summed E-state index contributed by atoms with van der Waals surface area (Å²) in [7, 11) is 1.62. The van der Waals surface area contributed by atoms with Gasteiger partial charge in [0.25, 0.3) is 5.91 Å². The molecular weight excluding hydrogens is 304 g/mol. The maximum absolute atomic E-state index is 12.4. The van der Waals surface area contributed by atoms with Crippen LogP contribution in [0, 0.1) is 0 Å². The topological polar surface area (TPSA) is 76.1 Å². The number of hydrogen-bond acceptors (Lipinski definition) is 5. The molecule has 1 amide bonds. The normalized spacial score (nSPS) is 14.9. The molecule has 0 unspecified atom stereocenters. The summed E-state index contributed by atoms with van der Waals surface area (Å²) < 4.78 is 5.19. The number of carbonyl (C=O) groups excluding carboxylic acids is 1. The quantitative estimate of drug-likeness (QED) is 0.882. The van der Waals surface area contributed by atoms with E-state index in [-0.39, 0.29) is 11.9 Å². The highest BCUT2D eigenvalue weighted by Gasteiger charge is 2.17. The van der Waals surface area contributed by atoms with Gasteiger partial charge in [0, 0.05) is 24.0 Å². The monoisotopic (exact) mass is 326 g/mol. The Labute approximate surface area is 141 Å². The van der Waals surface area contributed by atoms with E-state index in [4.69, 9.17) is 4.74 Å². The second-order valence-corrected chi connectivity index (χ2v) is 5.93. The fraction of sp³-hybridized carbons (Fsp3) is 0.389. The highest BCUT2D eigenvalue weighted by atomic mass is 16.5. The molecule has 0 saturated heterocycles. The molecule has 0 spiro atoms. The van der Waals surface area contributed by atoms with E-state index in [2.05, 4.69) is 20.6 Å². The standard InChI is InChI=1S/C18H22N4O2/c1-24-15-9-5-8-14(12-15)21-18-19-11-10-16(22-18)17(23)20-13-6-3-2-4-7-13/h5,8-13H,2-4,6-7H2,1H3,(H,20,23)(H,19,21,22). The first-order valence-electron chi connectivity index (χ1n) is 8.29. The van der Waals surface area contributed by atoms with Gasteiger partial charge < -0.3 is 15.4 Å². The van der Waals surface area contributed by atoms with Crippen molar-refractivity contribution in [2.45, 2.75) is 38.1 Å². The minimum atomic E-state index is -0.141. The van der Waals surface area contributed by atoms with Crippen molar-refractivity contribution < 1.29 is 9.53 Å². The molecule has 1 aliphatic carbocycles. The van der Waals surface area contributed by atoms with Gasteiger partial charge in [0.15, 0.2) is 0 Å². The molecular formula is C18H22N4O2. The molecule has 0 aliphatic heterocycles. The first kappa shape index (κ1) is 16.2. The summed E-state index contributed by atoms with van der Waals surface area (Å²) in [4.78, 5) is 20.9. The Morgan fingerprint density at radius 2 is 2.04 bits per heavy atom. The van der Waals surface area contributed by atoms with Crippen molar-refractivity contribution in [3.63, 3.8) is 0 Å². The van der Waals surface area contributed by atoms with E-state index in [1.54, 1.807) is 19.4 Å². The number of nitrogens with zero attached hydrogens (tertiary/aromatic N) is 2. The van der Waals surface area contributed by atoms with E-state index in [0.29, 0.717) is 11.6 Å². The van der Waals surface area contributed by atoms with E-state index in [9.17, 15) is 4.79 Å². The number of amides is 1. The van der Waals surface area contributed by atoms with E-state index in [1.165, 1.54) is 19.3 Å². The van der Waals surface area contributed by atoms with Crippen molar-refractivity contribution in [1.82, 2.24) is 15.3 Å². The van der Waals surface area contributed by atoms with Gasteiger partial charge in [-0.25, -0.2) is 9.97 Å². The van der Waals surface area contributed by atoms with Gasteiger partial charge in [-0.05, 0) is 31.0 Å². The van der Waals surface area contributed by atoms with E-state index in [0.717, 1.165) is 24.3 Å². The third-order valence-electron chi connectivity index (χ3n) is 4.15. The van der Waals surface area contributed by atoms with Crippen LogP contribution in [-0.2, 0) is 0 Å². The van der Waals surface area contributed by atoms with Gasteiger partial charge in [-0.1, -0.05) is 25.3 Å². The molecule has 126 valence electrons. The third-order valence-corrected chi connectivity index (χ3v) is 4.15. The summed E-state index contributed by atoms with van der Waals surface area (Å²) in [5, 5.41) is 6.16. The van der Waals surface area contributed by atoms with Crippen LogP contribution in [-0.4, -0.2) is 29.0 Å². The van der Waals surface area contributed by atoms with Crippen molar-refractivity contribution in [2.75, 3.05) is 12.4 Å². The van der Waals surface area contributed by atoms with Gasteiger partial charge in [0.2, 0.25) is 5.95 Å². The van der Waals surface area contributed by atoms with Crippen LogP contribution in [0.25, 0.3) is 0 Å². The SMILES string of the molecule is COc1cccc(Nc2nccc(C(=O)NC3CCCCC3)n2)c1. The zero-order valence-electron chi connectivity index (χ0n) is 13.8. The summed E-state index contributed by atoms with van der Waals surface area (Å²) in [5.41, 5.74) is 1.18. The lowest BCUT2D eigenvalue weighted by molar-refractivity contribution is 0.0922. The van der Waals surface area contributed by atoms with Crippen LogP contribution in [0.3, 0.4) is 0 Å². The molecule has 2 aromatic rings. The molecule has 1 aromatic carbocycles. The molecule has 0 bridgehead atoms. The molecule has 1 heterocycles. The van der Waals surface area contributed by atoms with Crippen molar-refractivity contribution in [2.24, 2.45) is 0 Å². The molecule has 24 heavy (non-hydrogen) atoms. The molecule has 1 aliphatic rings. The van der Waals surface area contributed by atoms with E-state index < -0.39 is 0 Å². The van der Waals surface area contributed by atoms with E-state index in [1.807, 2.05) is 24.3 Å². The fourth-order valence-corrected chi connectivity index (χ4v) is 2.88. The second kappa shape index (κ2) is 7.77. The number of rotatable bonds is 5. The van der Waals surface area contributed by atoms with Crippen LogP contribution < -0.4 is 15.4 Å². The van der Waals surface area contributed by atoms with Gasteiger partial charge in [-0.15, -0.1) is 0 Å². The average Bonchev–Trinajstić information content (AvgIpc) is 2.63. The van der Waals surface area contributed by atoms with Crippen LogP contribution in [0.5, 0.6) is 5.75 Å². The van der Waals surface area contributed by atoms with Crippen molar-refractivity contribution >= 4 is 17.5 Å². The van der Waals surface area contributed by atoms with Gasteiger partial charge in [0.05, 0.1) is 7.11 Å². The predicted molar refractivity (Wildman–Crippen MR) is 92.6 cm³/mol. The Morgan fingerprint density at radius 3 is 2.83 bits per heavy atom. The lowest BCUT2D eigenvalue weighted by Gasteiger charge is -2.22. The van der Waals surface area contributed by atoms with Crippen molar-refractivity contribution in [3.8, 4) is 5.75 Å². The maximum atomic E-state index is 12.4. The number of anilines is 2. The molecule has 1 aromatic heterocycles. The molecule has 1 fully saturated rings. The van der Waals surface area contributed by atoms with Gasteiger partial charge >= 0.3 is 0 Å². The lowest BCUT2D eigenvalue weighted by Crippen LogP contribution is -2.36. The Hall–Kier alpha value is -2.63. The zero-order chi connectivity index (χ0) is 16.8. The van der Waals surface area contributed by atoms with E-state index >= 15 is 0 Å². The lowest BCUT2D eigenvalue weighted by atomic mass is 9.95. The first-order chi connectivity index (χ1) is 11.7. The summed E-state index contributed by atoms with van der Waals surface area (Å²) in [6.45, 7) is 0. The molecule has 1 saturated carbocycles. The summed E-state index contributed by atoms with van der Waals surface area (Å²) in [5.74, 6) is 0.990. The fourth-order valence-electron chi connectivity index (χ4n) is 2.88. The largest absolute Gasteiger partial charge is 0.497 e. The smallest absolute Gasteiger partial charge is 0.270 e. The summed E-state index contributed by atoms with van der Waals surface area (Å²) >= 11 is 0. The molecule has 6 heteroatoms. The van der Waals surface area contributed by atoms with Gasteiger partial charge in [-0.3, -0.25) is 4.79 Å². The maximum Gasteiger partial charge on any atom is 0.270 e. The number of benzene rings is 1. The number of nitrogens with one attached hydrogen (secondary N) is 2. The number of ether oxygens (including phenoxy) is 1.